The van der Waals surface area contributed by atoms with E-state index in [-0.39, 0.29) is 22.3 Å². The molecule has 0 bridgehead atoms. The van der Waals surface area contributed by atoms with Crippen LogP contribution in [0.25, 0.3) is 33.3 Å². The molecule has 174 valence electrons. The number of halogens is 4. The standard InChI is InChI=1S/C25H18F4N2O3/c1-13(32)30-20-12-16(14-3-7-17(26)8-4-14)11-19-21(24(33)25(27,28)29)22(31-23(19)20)15-5-9-18(34-2)10-6-15/h3-12,31H,1-2H3,(H,30,32). The number of methoxy groups -OCH3 is 1. The predicted octanol–water partition coefficient (Wildman–Crippen LogP) is 6.35. The van der Waals surface area contributed by atoms with E-state index >= 15 is 0 Å². The van der Waals surface area contributed by atoms with Crippen molar-refractivity contribution in [2.45, 2.75) is 13.1 Å². The molecule has 9 heteroatoms. The molecule has 0 atom stereocenters. The predicted molar refractivity (Wildman–Crippen MR) is 120 cm³/mol. The Labute approximate surface area is 191 Å². The summed E-state index contributed by atoms with van der Waals surface area (Å²) in [5.74, 6) is -2.49. The van der Waals surface area contributed by atoms with E-state index in [1.54, 1.807) is 18.2 Å². The number of hydrogen-bond donors (Lipinski definition) is 2. The number of H-pyrrole nitrogens is 1. The number of aromatic amines is 1. The molecule has 0 spiro atoms. The number of rotatable bonds is 5. The fraction of sp³-hybridized carbons (Fsp3) is 0.120. The van der Waals surface area contributed by atoms with Crippen molar-refractivity contribution in [2.24, 2.45) is 0 Å². The molecule has 0 saturated carbocycles. The second kappa shape index (κ2) is 8.66. The first-order valence-electron chi connectivity index (χ1n) is 10.1. The second-order valence-corrected chi connectivity index (χ2v) is 7.56. The van der Waals surface area contributed by atoms with Crippen LogP contribution in [0.15, 0.2) is 60.7 Å². The monoisotopic (exact) mass is 470 g/mol. The molecule has 0 aliphatic carbocycles. The van der Waals surface area contributed by atoms with Crippen molar-refractivity contribution in [2.75, 3.05) is 12.4 Å². The van der Waals surface area contributed by atoms with Gasteiger partial charge in [-0.2, -0.15) is 13.2 Å². The molecule has 34 heavy (non-hydrogen) atoms. The lowest BCUT2D eigenvalue weighted by Crippen LogP contribution is -2.23. The Hall–Kier alpha value is -4.14. The maximum absolute atomic E-state index is 13.6. The molecule has 0 saturated heterocycles. The summed E-state index contributed by atoms with van der Waals surface area (Å²) >= 11 is 0. The summed E-state index contributed by atoms with van der Waals surface area (Å²) in [6.45, 7) is 1.26. The molecular weight excluding hydrogens is 452 g/mol. The number of ketones is 1. The summed E-state index contributed by atoms with van der Waals surface area (Å²) < 4.78 is 59.4. The zero-order valence-corrected chi connectivity index (χ0v) is 18.0. The van der Waals surface area contributed by atoms with Gasteiger partial charge in [-0.3, -0.25) is 9.59 Å². The van der Waals surface area contributed by atoms with Crippen molar-refractivity contribution in [1.29, 1.82) is 0 Å². The molecule has 1 aromatic heterocycles. The number of carbonyl (C=O) groups is 2. The molecule has 1 heterocycles. The van der Waals surface area contributed by atoms with Gasteiger partial charge in [0.05, 0.1) is 29.6 Å². The number of carbonyl (C=O) groups excluding carboxylic acids is 2. The minimum absolute atomic E-state index is 0.0290. The largest absolute Gasteiger partial charge is 0.497 e. The van der Waals surface area contributed by atoms with Gasteiger partial charge in [0.2, 0.25) is 5.91 Å². The van der Waals surface area contributed by atoms with Crippen molar-refractivity contribution in [3.63, 3.8) is 0 Å². The molecule has 0 aliphatic rings. The Balaban J connectivity index is 2.05. The number of fused-ring (bicyclic) bond motifs is 1. The van der Waals surface area contributed by atoms with Crippen LogP contribution in [0.2, 0.25) is 0 Å². The SMILES string of the molecule is COc1ccc(-c2[nH]c3c(NC(C)=O)cc(-c4ccc(F)cc4)cc3c2C(=O)C(F)(F)F)cc1. The first-order valence-corrected chi connectivity index (χ1v) is 10.1. The summed E-state index contributed by atoms with van der Waals surface area (Å²) in [4.78, 5) is 27.3. The average molecular weight is 470 g/mol. The van der Waals surface area contributed by atoms with Crippen molar-refractivity contribution < 1.29 is 31.9 Å². The molecule has 0 unspecified atom stereocenters. The normalized spacial score (nSPS) is 11.5. The van der Waals surface area contributed by atoms with Crippen LogP contribution in [0.1, 0.15) is 17.3 Å². The molecule has 0 aliphatic heterocycles. The highest BCUT2D eigenvalue weighted by molar-refractivity contribution is 6.18. The minimum Gasteiger partial charge on any atom is -0.497 e. The van der Waals surface area contributed by atoms with Crippen LogP contribution in [-0.4, -0.2) is 30.0 Å². The summed E-state index contributed by atoms with van der Waals surface area (Å²) in [6, 6.07) is 14.4. The van der Waals surface area contributed by atoms with Crippen LogP contribution in [0.3, 0.4) is 0 Å². The number of Topliss-reactive ketones (excluding diaryl/α,β-unsaturated/α-hetero) is 1. The van der Waals surface area contributed by atoms with Gasteiger partial charge in [-0.05, 0) is 65.2 Å². The number of nitrogens with one attached hydrogen (secondary N) is 2. The molecule has 5 nitrogen and oxygen atoms in total. The Morgan fingerprint density at radius 3 is 2.09 bits per heavy atom. The number of ether oxygens (including phenoxy) is 1. The molecule has 2 N–H and O–H groups in total. The highest BCUT2D eigenvalue weighted by atomic mass is 19.4. The van der Waals surface area contributed by atoms with Gasteiger partial charge in [0.15, 0.2) is 0 Å². The zero-order valence-electron chi connectivity index (χ0n) is 18.0. The quantitative estimate of drug-likeness (QED) is 0.264. The number of anilines is 1. The van der Waals surface area contributed by atoms with Crippen LogP contribution in [0.4, 0.5) is 23.2 Å². The Morgan fingerprint density at radius 1 is 0.912 bits per heavy atom. The third-order valence-corrected chi connectivity index (χ3v) is 5.26. The van der Waals surface area contributed by atoms with E-state index in [0.717, 1.165) is 0 Å². The zero-order chi connectivity index (χ0) is 24.6. The average Bonchev–Trinajstić information content (AvgIpc) is 3.17. The molecule has 3 aromatic carbocycles. The Morgan fingerprint density at radius 2 is 1.53 bits per heavy atom. The lowest BCUT2D eigenvalue weighted by molar-refractivity contribution is -0.114. The molecule has 0 radical (unpaired) electrons. The molecule has 4 rings (SSSR count). The Kier molecular flexibility index (Phi) is 5.87. The van der Waals surface area contributed by atoms with Crippen LogP contribution >= 0.6 is 0 Å². The number of alkyl halides is 3. The molecule has 1 amide bonds. The first-order chi connectivity index (χ1) is 16.1. The molecular formula is C25H18F4N2O3. The van der Waals surface area contributed by atoms with E-state index in [4.69, 9.17) is 4.74 Å². The Bertz CT molecular complexity index is 1390. The third-order valence-electron chi connectivity index (χ3n) is 5.26. The van der Waals surface area contributed by atoms with Gasteiger partial charge in [-0.25, -0.2) is 4.39 Å². The van der Waals surface area contributed by atoms with Gasteiger partial charge < -0.3 is 15.0 Å². The van der Waals surface area contributed by atoms with Crippen molar-refractivity contribution >= 4 is 28.3 Å². The summed E-state index contributed by atoms with van der Waals surface area (Å²) in [6.07, 6.45) is -5.14. The second-order valence-electron chi connectivity index (χ2n) is 7.56. The maximum atomic E-state index is 13.6. The van der Waals surface area contributed by atoms with Gasteiger partial charge in [0, 0.05) is 12.3 Å². The van der Waals surface area contributed by atoms with Crippen molar-refractivity contribution in [1.82, 2.24) is 4.98 Å². The fourth-order valence-corrected chi connectivity index (χ4v) is 3.75. The van der Waals surface area contributed by atoms with E-state index < -0.39 is 29.2 Å². The highest BCUT2D eigenvalue weighted by Crippen LogP contribution is 2.40. The van der Waals surface area contributed by atoms with E-state index in [1.807, 2.05) is 0 Å². The molecule has 0 fully saturated rings. The lowest BCUT2D eigenvalue weighted by atomic mass is 9.97. The third kappa shape index (κ3) is 4.36. The van der Waals surface area contributed by atoms with Crippen LogP contribution in [0, 0.1) is 5.82 Å². The van der Waals surface area contributed by atoms with Crippen molar-refractivity contribution in [3.05, 3.63) is 72.0 Å². The van der Waals surface area contributed by atoms with E-state index in [0.29, 0.717) is 22.4 Å². The fourth-order valence-electron chi connectivity index (χ4n) is 3.75. The van der Waals surface area contributed by atoms with Crippen molar-refractivity contribution in [3.8, 4) is 28.1 Å². The highest BCUT2D eigenvalue weighted by Gasteiger charge is 2.42. The number of amides is 1. The van der Waals surface area contributed by atoms with Gasteiger partial charge in [-0.15, -0.1) is 0 Å². The maximum Gasteiger partial charge on any atom is 0.454 e. The van der Waals surface area contributed by atoms with Gasteiger partial charge >= 0.3 is 6.18 Å². The van der Waals surface area contributed by atoms with Gasteiger partial charge in [0.25, 0.3) is 5.78 Å². The number of aromatic nitrogens is 1. The summed E-state index contributed by atoms with van der Waals surface area (Å²) in [5.41, 5.74) is 0.910. The number of benzene rings is 3. The van der Waals surface area contributed by atoms with Crippen LogP contribution in [-0.2, 0) is 4.79 Å². The lowest BCUT2D eigenvalue weighted by Gasteiger charge is -2.10. The molecule has 4 aromatic rings. The van der Waals surface area contributed by atoms with E-state index in [9.17, 15) is 27.2 Å². The first kappa shape index (κ1) is 23.0. The minimum atomic E-state index is -5.14. The smallest absolute Gasteiger partial charge is 0.454 e. The van der Waals surface area contributed by atoms with E-state index in [1.165, 1.54) is 56.5 Å². The van der Waals surface area contributed by atoms with Gasteiger partial charge in [0.1, 0.15) is 11.6 Å². The topological polar surface area (TPSA) is 71.2 Å². The summed E-state index contributed by atoms with van der Waals surface area (Å²) in [5, 5.41) is 2.57. The van der Waals surface area contributed by atoms with Gasteiger partial charge in [-0.1, -0.05) is 12.1 Å². The number of hydrogen-bond acceptors (Lipinski definition) is 3. The van der Waals surface area contributed by atoms with Crippen LogP contribution < -0.4 is 10.1 Å². The summed E-state index contributed by atoms with van der Waals surface area (Å²) in [7, 11) is 1.45. The van der Waals surface area contributed by atoms with Crippen LogP contribution in [0.5, 0.6) is 5.75 Å². The van der Waals surface area contributed by atoms with E-state index in [2.05, 4.69) is 10.3 Å².